The van der Waals surface area contributed by atoms with Crippen molar-refractivity contribution in [1.82, 2.24) is 5.32 Å². The summed E-state index contributed by atoms with van der Waals surface area (Å²) in [7, 11) is 0. The van der Waals surface area contributed by atoms with Crippen LogP contribution in [-0.2, 0) is 0 Å². The highest BCUT2D eigenvalue weighted by Crippen LogP contribution is 2.38. The molecule has 1 N–H and O–H groups in total. The number of hydrogen-bond acceptors (Lipinski definition) is 2. The van der Waals surface area contributed by atoms with E-state index in [0.29, 0.717) is 5.54 Å². The fourth-order valence-electron chi connectivity index (χ4n) is 2.92. The van der Waals surface area contributed by atoms with E-state index in [2.05, 4.69) is 26.1 Å². The molecule has 2 rings (SSSR count). The zero-order valence-corrected chi connectivity index (χ0v) is 12.3. The maximum atomic E-state index is 4.71. The molecule has 1 heterocycles. The summed E-state index contributed by atoms with van der Waals surface area (Å²) in [5.41, 5.74) is 0.388. The fraction of sp³-hybridized carbons (Fsp3) is 0.929. The Morgan fingerprint density at radius 1 is 1.53 bits per heavy atom. The molecule has 2 nitrogen and oxygen atoms in total. The quantitative estimate of drug-likeness (QED) is 0.831. The molecule has 2 fully saturated rings. The molecule has 0 aromatic rings. The van der Waals surface area contributed by atoms with Crippen molar-refractivity contribution >= 4 is 16.9 Å². The molecule has 0 amide bonds. The van der Waals surface area contributed by atoms with Crippen LogP contribution in [-0.4, -0.2) is 23.0 Å². The predicted octanol–water partition coefficient (Wildman–Crippen LogP) is 3.67. The SMILES string of the molecule is CC(C)CCN=C1NC2(CCCC(C)C2)CS1. The van der Waals surface area contributed by atoms with Gasteiger partial charge in [-0.1, -0.05) is 45.4 Å². The monoisotopic (exact) mass is 254 g/mol. The van der Waals surface area contributed by atoms with Gasteiger partial charge in [0.05, 0.1) is 0 Å². The van der Waals surface area contributed by atoms with E-state index in [1.54, 1.807) is 0 Å². The lowest BCUT2D eigenvalue weighted by Gasteiger charge is -2.36. The van der Waals surface area contributed by atoms with Gasteiger partial charge in [-0.3, -0.25) is 4.99 Å². The standard InChI is InChI=1S/C14H26N2S/c1-11(2)6-8-15-13-16-14(10-17-13)7-4-5-12(3)9-14/h11-12H,4-10H2,1-3H3,(H,15,16). The summed E-state index contributed by atoms with van der Waals surface area (Å²) in [6, 6.07) is 0. The summed E-state index contributed by atoms with van der Waals surface area (Å²) >= 11 is 1.94. The molecule has 98 valence electrons. The number of nitrogens with zero attached hydrogens (tertiary/aromatic N) is 1. The van der Waals surface area contributed by atoms with Crippen LogP contribution in [0.2, 0.25) is 0 Å². The van der Waals surface area contributed by atoms with Crippen LogP contribution in [0.5, 0.6) is 0 Å². The molecule has 0 radical (unpaired) electrons. The third-order valence-corrected chi connectivity index (χ3v) is 5.11. The predicted molar refractivity (Wildman–Crippen MR) is 77.7 cm³/mol. The molecule has 1 saturated carbocycles. The van der Waals surface area contributed by atoms with Crippen molar-refractivity contribution in [2.24, 2.45) is 16.8 Å². The minimum atomic E-state index is 0.388. The van der Waals surface area contributed by atoms with Crippen LogP contribution in [0.25, 0.3) is 0 Å². The number of thioether (sulfide) groups is 1. The van der Waals surface area contributed by atoms with Gasteiger partial charge in [-0.05, 0) is 31.1 Å². The normalized spacial score (nSPS) is 35.8. The maximum Gasteiger partial charge on any atom is 0.157 e. The summed E-state index contributed by atoms with van der Waals surface area (Å²) in [6.07, 6.45) is 6.67. The average molecular weight is 254 g/mol. The second-order valence-corrected chi connectivity index (χ2v) is 7.23. The van der Waals surface area contributed by atoms with Gasteiger partial charge in [0.25, 0.3) is 0 Å². The van der Waals surface area contributed by atoms with Crippen LogP contribution in [0.15, 0.2) is 4.99 Å². The number of aliphatic imine (C=N–C) groups is 1. The van der Waals surface area contributed by atoms with Crippen molar-refractivity contribution in [3.8, 4) is 0 Å². The third kappa shape index (κ3) is 3.64. The molecule has 2 atom stereocenters. The van der Waals surface area contributed by atoms with Gasteiger partial charge in [-0.25, -0.2) is 0 Å². The van der Waals surface area contributed by atoms with Gasteiger partial charge < -0.3 is 5.32 Å². The van der Waals surface area contributed by atoms with Crippen molar-refractivity contribution in [3.05, 3.63) is 0 Å². The topological polar surface area (TPSA) is 24.4 Å². The first-order chi connectivity index (χ1) is 8.10. The van der Waals surface area contributed by atoms with Gasteiger partial charge in [-0.2, -0.15) is 0 Å². The minimum Gasteiger partial charge on any atom is -0.359 e. The largest absolute Gasteiger partial charge is 0.359 e. The Morgan fingerprint density at radius 3 is 3.06 bits per heavy atom. The van der Waals surface area contributed by atoms with Gasteiger partial charge in [0, 0.05) is 17.8 Å². The molecule has 1 aliphatic carbocycles. The van der Waals surface area contributed by atoms with E-state index < -0.39 is 0 Å². The van der Waals surface area contributed by atoms with Crippen molar-refractivity contribution in [2.45, 2.75) is 58.4 Å². The molecule has 0 aromatic heterocycles. The first-order valence-corrected chi connectivity index (χ1v) is 8.04. The second kappa shape index (κ2) is 5.64. The summed E-state index contributed by atoms with van der Waals surface area (Å²) < 4.78 is 0. The Morgan fingerprint density at radius 2 is 2.35 bits per heavy atom. The van der Waals surface area contributed by atoms with E-state index in [4.69, 9.17) is 4.99 Å². The molecule has 2 unspecified atom stereocenters. The maximum absolute atomic E-state index is 4.71. The van der Waals surface area contributed by atoms with Crippen LogP contribution < -0.4 is 5.32 Å². The van der Waals surface area contributed by atoms with Gasteiger partial charge >= 0.3 is 0 Å². The number of rotatable bonds is 3. The number of amidine groups is 1. The summed E-state index contributed by atoms with van der Waals surface area (Å²) in [6.45, 7) is 7.90. The van der Waals surface area contributed by atoms with Crippen LogP contribution >= 0.6 is 11.8 Å². The van der Waals surface area contributed by atoms with Crippen molar-refractivity contribution in [1.29, 1.82) is 0 Å². The molecule has 1 aliphatic heterocycles. The van der Waals surface area contributed by atoms with Crippen molar-refractivity contribution < 1.29 is 0 Å². The Kier molecular flexibility index (Phi) is 4.40. The van der Waals surface area contributed by atoms with Gasteiger partial charge in [-0.15, -0.1) is 0 Å². The zero-order chi connectivity index (χ0) is 12.3. The van der Waals surface area contributed by atoms with Crippen LogP contribution in [0.4, 0.5) is 0 Å². The minimum absolute atomic E-state index is 0.388. The molecule has 0 bridgehead atoms. The Bertz CT molecular complexity index is 288. The van der Waals surface area contributed by atoms with Gasteiger partial charge in [0.15, 0.2) is 5.17 Å². The summed E-state index contributed by atoms with van der Waals surface area (Å²) in [5.74, 6) is 2.87. The lowest BCUT2D eigenvalue weighted by molar-refractivity contribution is 0.242. The van der Waals surface area contributed by atoms with Gasteiger partial charge in [0.2, 0.25) is 0 Å². The van der Waals surface area contributed by atoms with E-state index >= 15 is 0 Å². The molecular weight excluding hydrogens is 228 g/mol. The number of hydrogen-bond donors (Lipinski definition) is 1. The molecular formula is C14H26N2S. The summed E-state index contributed by atoms with van der Waals surface area (Å²) in [4.78, 5) is 4.71. The van der Waals surface area contributed by atoms with Crippen LogP contribution in [0, 0.1) is 11.8 Å². The third-order valence-electron chi connectivity index (χ3n) is 3.91. The average Bonchev–Trinajstić information content (AvgIpc) is 2.60. The molecule has 2 aliphatic rings. The lowest BCUT2D eigenvalue weighted by atomic mass is 9.78. The first kappa shape index (κ1) is 13.3. The highest BCUT2D eigenvalue weighted by molar-refractivity contribution is 8.14. The van der Waals surface area contributed by atoms with E-state index in [-0.39, 0.29) is 0 Å². The molecule has 3 heteroatoms. The fourth-order valence-corrected chi connectivity index (χ4v) is 4.14. The highest BCUT2D eigenvalue weighted by atomic mass is 32.2. The van der Waals surface area contributed by atoms with Crippen molar-refractivity contribution in [2.75, 3.05) is 12.3 Å². The summed E-state index contributed by atoms with van der Waals surface area (Å²) in [5, 5.41) is 4.93. The molecule has 1 saturated heterocycles. The highest BCUT2D eigenvalue weighted by Gasteiger charge is 2.40. The Labute approximate surface area is 110 Å². The lowest BCUT2D eigenvalue weighted by Crippen LogP contribution is -2.47. The van der Waals surface area contributed by atoms with Crippen LogP contribution in [0.3, 0.4) is 0 Å². The zero-order valence-electron chi connectivity index (χ0n) is 11.5. The van der Waals surface area contributed by atoms with Gasteiger partial charge in [0.1, 0.15) is 0 Å². The van der Waals surface area contributed by atoms with E-state index in [0.717, 1.165) is 18.4 Å². The van der Waals surface area contributed by atoms with E-state index in [1.165, 1.54) is 43.0 Å². The Hall–Kier alpha value is -0.180. The second-order valence-electron chi connectivity index (χ2n) is 6.26. The van der Waals surface area contributed by atoms with E-state index in [1.807, 2.05) is 11.8 Å². The van der Waals surface area contributed by atoms with Crippen molar-refractivity contribution in [3.63, 3.8) is 0 Å². The molecule has 1 spiro atoms. The van der Waals surface area contributed by atoms with E-state index in [9.17, 15) is 0 Å². The smallest absolute Gasteiger partial charge is 0.157 e. The van der Waals surface area contributed by atoms with Crippen LogP contribution in [0.1, 0.15) is 52.9 Å². The molecule has 0 aromatic carbocycles. The molecule has 17 heavy (non-hydrogen) atoms. The Balaban J connectivity index is 1.85. The first-order valence-electron chi connectivity index (χ1n) is 7.05. The number of nitrogens with one attached hydrogen (secondary N) is 1.